The van der Waals surface area contributed by atoms with Gasteiger partial charge in [0.05, 0.1) is 0 Å². The molecular weight excluding hydrogens is 232 g/mol. The fourth-order valence-corrected chi connectivity index (χ4v) is 3.86. The summed E-state index contributed by atoms with van der Waals surface area (Å²) in [7, 11) is 0. The van der Waals surface area contributed by atoms with Gasteiger partial charge >= 0.3 is 0 Å². The Kier molecular flexibility index (Phi) is 3.79. The van der Waals surface area contributed by atoms with Crippen molar-refractivity contribution in [1.29, 1.82) is 0 Å². The van der Waals surface area contributed by atoms with Gasteiger partial charge in [0.25, 0.3) is 0 Å². The van der Waals surface area contributed by atoms with Crippen LogP contribution in [0.4, 0.5) is 5.69 Å². The van der Waals surface area contributed by atoms with Crippen LogP contribution < -0.4 is 5.32 Å². The third-order valence-electron chi connectivity index (χ3n) is 4.85. The molecule has 0 aromatic heterocycles. The SMILES string of the molecule is CC(C)C1CCCN1CC1CCNc2ccccc21. The van der Waals surface area contributed by atoms with Crippen molar-refractivity contribution in [2.24, 2.45) is 5.92 Å². The van der Waals surface area contributed by atoms with E-state index in [1.54, 1.807) is 0 Å². The van der Waals surface area contributed by atoms with E-state index in [1.807, 2.05) is 0 Å². The first kappa shape index (κ1) is 13.0. The Hall–Kier alpha value is -1.02. The van der Waals surface area contributed by atoms with E-state index in [0.717, 1.165) is 24.4 Å². The highest BCUT2D eigenvalue weighted by atomic mass is 15.2. The molecule has 0 bridgehead atoms. The van der Waals surface area contributed by atoms with E-state index >= 15 is 0 Å². The summed E-state index contributed by atoms with van der Waals surface area (Å²) in [5, 5.41) is 3.53. The van der Waals surface area contributed by atoms with Gasteiger partial charge in [-0.1, -0.05) is 32.0 Å². The van der Waals surface area contributed by atoms with Crippen LogP contribution in [-0.4, -0.2) is 30.6 Å². The van der Waals surface area contributed by atoms with Crippen molar-refractivity contribution in [3.63, 3.8) is 0 Å². The summed E-state index contributed by atoms with van der Waals surface area (Å²) in [6, 6.07) is 9.67. The highest BCUT2D eigenvalue weighted by Crippen LogP contribution is 2.34. The van der Waals surface area contributed by atoms with Gasteiger partial charge < -0.3 is 5.32 Å². The van der Waals surface area contributed by atoms with Gasteiger partial charge in [0.2, 0.25) is 0 Å². The molecular formula is C17H26N2. The van der Waals surface area contributed by atoms with Crippen LogP contribution in [0.25, 0.3) is 0 Å². The molecule has 1 saturated heterocycles. The number of benzene rings is 1. The van der Waals surface area contributed by atoms with Crippen molar-refractivity contribution in [3.05, 3.63) is 29.8 Å². The number of nitrogens with zero attached hydrogens (tertiary/aromatic N) is 1. The third-order valence-corrected chi connectivity index (χ3v) is 4.85. The molecule has 0 aliphatic carbocycles. The second kappa shape index (κ2) is 5.54. The highest BCUT2D eigenvalue weighted by Gasteiger charge is 2.30. The quantitative estimate of drug-likeness (QED) is 0.889. The summed E-state index contributed by atoms with van der Waals surface area (Å²) in [5.41, 5.74) is 2.89. The molecule has 2 heteroatoms. The molecule has 2 heterocycles. The van der Waals surface area contributed by atoms with Crippen molar-refractivity contribution >= 4 is 5.69 Å². The van der Waals surface area contributed by atoms with E-state index in [-0.39, 0.29) is 0 Å². The average molecular weight is 258 g/mol. The van der Waals surface area contributed by atoms with Crippen LogP contribution >= 0.6 is 0 Å². The lowest BCUT2D eigenvalue weighted by Crippen LogP contribution is -2.37. The zero-order valence-electron chi connectivity index (χ0n) is 12.2. The van der Waals surface area contributed by atoms with Gasteiger partial charge in [-0.05, 0) is 43.4 Å². The largest absolute Gasteiger partial charge is 0.385 e. The molecule has 1 aromatic carbocycles. The zero-order valence-corrected chi connectivity index (χ0v) is 12.2. The van der Waals surface area contributed by atoms with Crippen LogP contribution in [0.5, 0.6) is 0 Å². The molecule has 3 rings (SSSR count). The van der Waals surface area contributed by atoms with Gasteiger partial charge in [-0.25, -0.2) is 0 Å². The fourth-order valence-electron chi connectivity index (χ4n) is 3.86. The van der Waals surface area contributed by atoms with E-state index in [9.17, 15) is 0 Å². The van der Waals surface area contributed by atoms with E-state index in [4.69, 9.17) is 0 Å². The van der Waals surface area contributed by atoms with Crippen LogP contribution in [0, 0.1) is 5.92 Å². The maximum absolute atomic E-state index is 3.53. The first-order valence-corrected chi connectivity index (χ1v) is 7.82. The molecule has 104 valence electrons. The minimum Gasteiger partial charge on any atom is -0.385 e. The lowest BCUT2D eigenvalue weighted by molar-refractivity contribution is 0.192. The Balaban J connectivity index is 1.74. The topological polar surface area (TPSA) is 15.3 Å². The molecule has 2 nitrogen and oxygen atoms in total. The Labute approximate surface area is 117 Å². The molecule has 1 aromatic rings. The molecule has 1 N–H and O–H groups in total. The molecule has 2 aliphatic heterocycles. The number of hydrogen-bond acceptors (Lipinski definition) is 2. The van der Waals surface area contributed by atoms with Gasteiger partial charge in [0, 0.05) is 30.7 Å². The second-order valence-corrected chi connectivity index (χ2v) is 6.45. The lowest BCUT2D eigenvalue weighted by atomic mass is 9.90. The standard InChI is InChI=1S/C17H26N2/c1-13(2)17-8-5-11-19(17)12-14-9-10-18-16-7-4-3-6-15(14)16/h3-4,6-7,13-14,17-18H,5,8-12H2,1-2H3. The van der Waals surface area contributed by atoms with E-state index in [1.165, 1.54) is 43.6 Å². The molecule has 0 spiro atoms. The van der Waals surface area contributed by atoms with Crippen molar-refractivity contribution in [1.82, 2.24) is 4.90 Å². The van der Waals surface area contributed by atoms with Gasteiger partial charge in [-0.3, -0.25) is 4.90 Å². The lowest BCUT2D eigenvalue weighted by Gasteiger charge is -2.34. The minimum atomic E-state index is 0.719. The van der Waals surface area contributed by atoms with Crippen molar-refractivity contribution in [2.45, 2.75) is 45.1 Å². The number of fused-ring (bicyclic) bond motifs is 1. The summed E-state index contributed by atoms with van der Waals surface area (Å²) >= 11 is 0. The average Bonchev–Trinajstić information content (AvgIpc) is 2.87. The highest BCUT2D eigenvalue weighted by molar-refractivity contribution is 5.54. The van der Waals surface area contributed by atoms with E-state index in [0.29, 0.717) is 0 Å². The summed E-state index contributed by atoms with van der Waals surface area (Å²) in [4.78, 5) is 2.75. The smallest absolute Gasteiger partial charge is 0.0376 e. The fraction of sp³-hybridized carbons (Fsp3) is 0.647. The molecule has 1 fully saturated rings. The third kappa shape index (κ3) is 2.64. The number of anilines is 1. The van der Waals surface area contributed by atoms with Crippen molar-refractivity contribution in [3.8, 4) is 0 Å². The Morgan fingerprint density at radius 2 is 2.11 bits per heavy atom. The normalized spacial score (nSPS) is 27.3. The van der Waals surface area contributed by atoms with Gasteiger partial charge in [-0.15, -0.1) is 0 Å². The Bertz CT molecular complexity index is 427. The summed E-state index contributed by atoms with van der Waals surface area (Å²) in [6.07, 6.45) is 4.05. The number of likely N-dealkylation sites (tertiary alicyclic amines) is 1. The Morgan fingerprint density at radius 1 is 1.26 bits per heavy atom. The zero-order chi connectivity index (χ0) is 13.2. The number of para-hydroxylation sites is 1. The van der Waals surface area contributed by atoms with E-state index < -0.39 is 0 Å². The van der Waals surface area contributed by atoms with Gasteiger partial charge in [-0.2, -0.15) is 0 Å². The summed E-state index contributed by atoms with van der Waals surface area (Å²) in [5.74, 6) is 1.51. The predicted octanol–water partition coefficient (Wildman–Crippen LogP) is 3.71. The maximum atomic E-state index is 3.53. The van der Waals surface area contributed by atoms with Crippen LogP contribution in [0.2, 0.25) is 0 Å². The number of nitrogens with one attached hydrogen (secondary N) is 1. The van der Waals surface area contributed by atoms with Gasteiger partial charge in [0.15, 0.2) is 0 Å². The predicted molar refractivity (Wildman–Crippen MR) is 81.7 cm³/mol. The van der Waals surface area contributed by atoms with Crippen molar-refractivity contribution in [2.75, 3.05) is 25.0 Å². The molecule has 19 heavy (non-hydrogen) atoms. The van der Waals surface area contributed by atoms with Crippen LogP contribution in [0.3, 0.4) is 0 Å². The molecule has 0 amide bonds. The summed E-state index contributed by atoms with van der Waals surface area (Å²) in [6.45, 7) is 8.43. The van der Waals surface area contributed by atoms with Crippen LogP contribution in [0.1, 0.15) is 44.6 Å². The molecule has 2 aliphatic rings. The number of rotatable bonds is 3. The molecule has 0 radical (unpaired) electrons. The van der Waals surface area contributed by atoms with Crippen LogP contribution in [0.15, 0.2) is 24.3 Å². The second-order valence-electron chi connectivity index (χ2n) is 6.45. The van der Waals surface area contributed by atoms with E-state index in [2.05, 4.69) is 48.3 Å². The van der Waals surface area contributed by atoms with Crippen molar-refractivity contribution < 1.29 is 0 Å². The van der Waals surface area contributed by atoms with Gasteiger partial charge in [0.1, 0.15) is 0 Å². The molecule has 2 atom stereocenters. The van der Waals surface area contributed by atoms with Crippen LogP contribution in [-0.2, 0) is 0 Å². The maximum Gasteiger partial charge on any atom is 0.0376 e. The number of hydrogen-bond donors (Lipinski definition) is 1. The first-order valence-electron chi connectivity index (χ1n) is 7.82. The first-order chi connectivity index (χ1) is 9.25. The summed E-state index contributed by atoms with van der Waals surface area (Å²) < 4.78 is 0. The monoisotopic (exact) mass is 258 g/mol. The minimum absolute atomic E-state index is 0.719. The molecule has 0 saturated carbocycles. The molecule has 2 unspecified atom stereocenters. The Morgan fingerprint density at radius 3 is 2.95 bits per heavy atom.